The third-order valence-electron chi connectivity index (χ3n) is 5.05. The molecule has 3 aromatic rings. The molecule has 1 N–H and O–H groups in total. The molecule has 2 aromatic heterocycles. The molecule has 0 spiro atoms. The molecule has 0 saturated heterocycles. The zero-order valence-electron chi connectivity index (χ0n) is 18.1. The Morgan fingerprint density at radius 2 is 2.03 bits per heavy atom. The van der Waals surface area contributed by atoms with Gasteiger partial charge in [-0.25, -0.2) is 0 Å². The lowest BCUT2D eigenvalue weighted by Crippen LogP contribution is -2.29. The van der Waals surface area contributed by atoms with Gasteiger partial charge in [-0.2, -0.15) is 4.68 Å². The fraction of sp³-hybridized carbons (Fsp3) is 0.304. The van der Waals surface area contributed by atoms with E-state index in [4.69, 9.17) is 0 Å². The van der Waals surface area contributed by atoms with Crippen LogP contribution in [-0.2, 0) is 0 Å². The number of amides is 1. The Morgan fingerprint density at radius 3 is 2.71 bits per heavy atom. The minimum absolute atomic E-state index is 0.129. The zero-order chi connectivity index (χ0) is 22.0. The highest BCUT2D eigenvalue weighted by Crippen LogP contribution is 2.25. The van der Waals surface area contributed by atoms with Crippen LogP contribution in [0.1, 0.15) is 54.9 Å². The summed E-state index contributed by atoms with van der Waals surface area (Å²) in [5, 5.41) is 15.1. The number of aliphatic imine (C=N–C) groups is 1. The Labute approximate surface area is 181 Å². The van der Waals surface area contributed by atoms with Crippen LogP contribution in [0.15, 0.2) is 53.3 Å². The molecule has 0 atom stereocenters. The lowest BCUT2D eigenvalue weighted by atomic mass is 10.0. The Kier molecular flexibility index (Phi) is 5.70. The number of allylic oxidation sites excluding steroid dienone is 1. The van der Waals surface area contributed by atoms with E-state index < -0.39 is 0 Å². The highest BCUT2D eigenvalue weighted by atomic mass is 16.1. The van der Waals surface area contributed by atoms with Gasteiger partial charge in [0, 0.05) is 41.6 Å². The summed E-state index contributed by atoms with van der Waals surface area (Å²) in [6.45, 7) is 8.49. The number of nitrogens with one attached hydrogen (secondary N) is 1. The maximum Gasteiger partial charge on any atom is 0.251 e. The van der Waals surface area contributed by atoms with E-state index in [0.29, 0.717) is 12.1 Å². The van der Waals surface area contributed by atoms with Crippen LogP contribution in [-0.4, -0.2) is 43.4 Å². The molecule has 1 aliphatic heterocycles. The predicted molar refractivity (Wildman–Crippen MR) is 119 cm³/mol. The van der Waals surface area contributed by atoms with Gasteiger partial charge in [0.15, 0.2) is 5.82 Å². The van der Waals surface area contributed by atoms with Crippen LogP contribution in [0, 0.1) is 6.92 Å². The second-order valence-corrected chi connectivity index (χ2v) is 8.12. The van der Waals surface area contributed by atoms with E-state index in [1.807, 2.05) is 64.4 Å². The number of pyridine rings is 1. The van der Waals surface area contributed by atoms with Gasteiger partial charge in [-0.3, -0.25) is 14.8 Å². The fourth-order valence-electron chi connectivity index (χ4n) is 3.40. The Hall–Kier alpha value is -3.68. The second kappa shape index (κ2) is 8.59. The second-order valence-electron chi connectivity index (χ2n) is 8.12. The number of hydrogen-bond acceptors (Lipinski definition) is 6. The molecular weight excluding hydrogens is 390 g/mol. The molecule has 0 fully saturated rings. The van der Waals surface area contributed by atoms with E-state index in [-0.39, 0.29) is 11.8 Å². The highest BCUT2D eigenvalue weighted by Gasteiger charge is 2.17. The SMILES string of the molecule is CC1=CN=C(CNC(=O)c2cc(-c3ccc(C)cn3)cc(-n3nnnc3C(C)C)c2)C1. The quantitative estimate of drug-likeness (QED) is 0.663. The third-order valence-corrected chi connectivity index (χ3v) is 5.05. The summed E-state index contributed by atoms with van der Waals surface area (Å²) < 4.78 is 1.67. The number of rotatable bonds is 6. The van der Waals surface area contributed by atoms with Crippen LogP contribution in [0.2, 0.25) is 0 Å². The van der Waals surface area contributed by atoms with E-state index in [1.54, 1.807) is 10.7 Å². The highest BCUT2D eigenvalue weighted by molar-refractivity contribution is 6.00. The molecule has 8 heteroatoms. The minimum atomic E-state index is -0.179. The van der Waals surface area contributed by atoms with Crippen molar-refractivity contribution < 1.29 is 4.79 Å². The first kappa shape index (κ1) is 20.6. The van der Waals surface area contributed by atoms with Crippen LogP contribution in [0.3, 0.4) is 0 Å². The molecule has 0 radical (unpaired) electrons. The molecule has 1 aliphatic rings. The average molecular weight is 416 g/mol. The summed E-state index contributed by atoms with van der Waals surface area (Å²) in [5.74, 6) is 0.674. The van der Waals surface area contributed by atoms with Gasteiger partial charge in [0.2, 0.25) is 0 Å². The van der Waals surface area contributed by atoms with Gasteiger partial charge in [-0.1, -0.05) is 19.9 Å². The standard InChI is InChI=1S/C23H25N7O/c1-14(2)22-27-28-29-30(22)20-9-17(21-6-5-15(3)11-25-21)8-18(10-20)23(31)26-13-19-7-16(4)12-24-19/h5-6,8-12,14H,7,13H2,1-4H3,(H,26,31). The van der Waals surface area contributed by atoms with Gasteiger partial charge in [0.25, 0.3) is 5.91 Å². The van der Waals surface area contributed by atoms with Crippen LogP contribution in [0.5, 0.6) is 0 Å². The first-order valence-electron chi connectivity index (χ1n) is 10.3. The van der Waals surface area contributed by atoms with Crippen LogP contribution in [0.4, 0.5) is 0 Å². The first-order valence-corrected chi connectivity index (χ1v) is 10.3. The number of benzene rings is 1. The molecular formula is C23H25N7O. The van der Waals surface area contributed by atoms with Gasteiger partial charge in [0.1, 0.15) is 0 Å². The Balaban J connectivity index is 1.70. The minimum Gasteiger partial charge on any atom is -0.347 e. The Morgan fingerprint density at radius 1 is 1.19 bits per heavy atom. The number of hydrogen-bond donors (Lipinski definition) is 1. The van der Waals surface area contributed by atoms with Crippen molar-refractivity contribution in [3.8, 4) is 16.9 Å². The molecule has 0 unspecified atom stereocenters. The van der Waals surface area contributed by atoms with E-state index in [1.165, 1.54) is 5.57 Å². The van der Waals surface area contributed by atoms with Crippen LogP contribution < -0.4 is 5.32 Å². The van der Waals surface area contributed by atoms with Crippen LogP contribution in [0.25, 0.3) is 16.9 Å². The maximum absolute atomic E-state index is 13.0. The molecule has 1 aromatic carbocycles. The van der Waals surface area contributed by atoms with Crippen molar-refractivity contribution in [1.82, 2.24) is 30.5 Å². The normalized spacial score (nSPS) is 13.3. The molecule has 8 nitrogen and oxygen atoms in total. The molecule has 3 heterocycles. The van der Waals surface area contributed by atoms with Gasteiger partial charge >= 0.3 is 0 Å². The van der Waals surface area contributed by atoms with Crippen LogP contribution >= 0.6 is 0 Å². The summed E-state index contributed by atoms with van der Waals surface area (Å²) in [6.07, 6.45) is 4.45. The van der Waals surface area contributed by atoms with Crippen molar-refractivity contribution >= 4 is 11.6 Å². The van der Waals surface area contributed by atoms with Gasteiger partial charge in [0.05, 0.1) is 17.9 Å². The molecule has 158 valence electrons. The molecule has 0 aliphatic carbocycles. The third kappa shape index (κ3) is 4.58. The Bertz CT molecular complexity index is 1170. The number of nitrogens with zero attached hydrogens (tertiary/aromatic N) is 6. The summed E-state index contributed by atoms with van der Waals surface area (Å²) in [4.78, 5) is 21.9. The number of carbonyl (C=O) groups excluding carboxylic acids is 1. The fourth-order valence-corrected chi connectivity index (χ4v) is 3.40. The van der Waals surface area contributed by atoms with Crippen molar-refractivity contribution in [2.45, 2.75) is 40.0 Å². The molecule has 1 amide bonds. The van der Waals surface area contributed by atoms with Crippen molar-refractivity contribution in [2.75, 3.05) is 6.54 Å². The largest absolute Gasteiger partial charge is 0.347 e. The van der Waals surface area contributed by atoms with Gasteiger partial charge in [-0.05, 0) is 59.7 Å². The lowest BCUT2D eigenvalue weighted by molar-refractivity contribution is 0.0959. The number of aryl methyl sites for hydroxylation is 1. The summed E-state index contributed by atoms with van der Waals surface area (Å²) in [6, 6.07) is 9.54. The topological polar surface area (TPSA) is 98.0 Å². The van der Waals surface area contributed by atoms with Gasteiger partial charge < -0.3 is 5.32 Å². The van der Waals surface area contributed by atoms with Crippen molar-refractivity contribution in [1.29, 1.82) is 0 Å². The maximum atomic E-state index is 13.0. The predicted octanol–water partition coefficient (Wildman–Crippen LogP) is 3.63. The van der Waals surface area contributed by atoms with E-state index >= 15 is 0 Å². The number of tetrazole rings is 1. The van der Waals surface area contributed by atoms with E-state index in [0.717, 1.165) is 40.5 Å². The van der Waals surface area contributed by atoms with Crippen molar-refractivity contribution in [2.24, 2.45) is 4.99 Å². The van der Waals surface area contributed by atoms with E-state index in [9.17, 15) is 4.79 Å². The molecule has 0 saturated carbocycles. The van der Waals surface area contributed by atoms with Gasteiger partial charge in [-0.15, -0.1) is 5.10 Å². The summed E-state index contributed by atoms with van der Waals surface area (Å²) in [5.41, 5.74) is 6.05. The number of aromatic nitrogens is 5. The molecule has 0 bridgehead atoms. The number of carbonyl (C=O) groups is 1. The first-order chi connectivity index (χ1) is 14.9. The summed E-state index contributed by atoms with van der Waals surface area (Å²) >= 11 is 0. The average Bonchev–Trinajstić information content (AvgIpc) is 3.41. The zero-order valence-corrected chi connectivity index (χ0v) is 18.1. The van der Waals surface area contributed by atoms with E-state index in [2.05, 4.69) is 30.8 Å². The van der Waals surface area contributed by atoms with Crippen molar-refractivity contribution in [3.63, 3.8) is 0 Å². The molecule has 31 heavy (non-hydrogen) atoms. The monoisotopic (exact) mass is 415 g/mol. The lowest BCUT2D eigenvalue weighted by Gasteiger charge is -2.12. The van der Waals surface area contributed by atoms with Crippen molar-refractivity contribution in [3.05, 3.63) is 65.3 Å². The summed E-state index contributed by atoms with van der Waals surface area (Å²) in [7, 11) is 0. The smallest absolute Gasteiger partial charge is 0.251 e. The molecule has 4 rings (SSSR count).